The SMILES string of the molecule is NC[C@@H]1CCC[C@@H]1NS(=O)(=O)c1ccccc1OC(F)(F)F. The fraction of sp³-hybridized carbons (Fsp3) is 0.538. The Morgan fingerprint density at radius 1 is 1.27 bits per heavy atom. The fourth-order valence-corrected chi connectivity index (χ4v) is 4.09. The van der Waals surface area contributed by atoms with Gasteiger partial charge in [0, 0.05) is 6.04 Å². The third-order valence-electron chi connectivity index (χ3n) is 3.63. The smallest absolute Gasteiger partial charge is 0.404 e. The van der Waals surface area contributed by atoms with Crippen molar-refractivity contribution in [2.45, 2.75) is 36.6 Å². The van der Waals surface area contributed by atoms with Gasteiger partial charge < -0.3 is 10.5 Å². The highest BCUT2D eigenvalue weighted by atomic mass is 32.2. The number of nitrogens with one attached hydrogen (secondary N) is 1. The molecule has 1 saturated carbocycles. The van der Waals surface area contributed by atoms with E-state index in [2.05, 4.69) is 9.46 Å². The van der Waals surface area contributed by atoms with Crippen molar-refractivity contribution >= 4 is 10.0 Å². The summed E-state index contributed by atoms with van der Waals surface area (Å²) in [4.78, 5) is -0.532. The monoisotopic (exact) mass is 338 g/mol. The molecule has 2 atom stereocenters. The number of benzene rings is 1. The van der Waals surface area contributed by atoms with Gasteiger partial charge in [-0.2, -0.15) is 0 Å². The lowest BCUT2D eigenvalue weighted by Crippen LogP contribution is -2.40. The van der Waals surface area contributed by atoms with Crippen molar-refractivity contribution in [1.82, 2.24) is 4.72 Å². The molecule has 0 unspecified atom stereocenters. The molecule has 1 aromatic carbocycles. The summed E-state index contributed by atoms with van der Waals surface area (Å²) in [7, 11) is -4.12. The molecule has 0 saturated heterocycles. The standard InChI is InChI=1S/C13H17F3N2O3S/c14-13(15,16)21-11-6-1-2-7-12(11)22(19,20)18-10-5-3-4-9(10)8-17/h1-2,6-7,9-10,18H,3-5,8,17H2/t9-,10-/m0/s1. The number of ether oxygens (including phenoxy) is 1. The van der Waals surface area contributed by atoms with Crippen LogP contribution in [-0.4, -0.2) is 27.4 Å². The van der Waals surface area contributed by atoms with Crippen LogP contribution in [0.25, 0.3) is 0 Å². The predicted molar refractivity (Wildman–Crippen MR) is 73.6 cm³/mol. The number of hydrogen-bond donors (Lipinski definition) is 2. The number of alkyl halides is 3. The highest BCUT2D eigenvalue weighted by molar-refractivity contribution is 7.89. The summed E-state index contributed by atoms with van der Waals surface area (Å²) in [5, 5.41) is 0. The first-order chi connectivity index (χ1) is 10.2. The summed E-state index contributed by atoms with van der Waals surface area (Å²) in [5.74, 6) is -0.754. The molecule has 22 heavy (non-hydrogen) atoms. The number of sulfonamides is 1. The molecule has 5 nitrogen and oxygen atoms in total. The highest BCUT2D eigenvalue weighted by Gasteiger charge is 2.35. The molecule has 9 heteroatoms. The maximum atomic E-state index is 12.4. The van der Waals surface area contributed by atoms with E-state index in [0.29, 0.717) is 13.0 Å². The summed E-state index contributed by atoms with van der Waals surface area (Å²) in [6, 6.07) is 4.30. The predicted octanol–water partition coefficient (Wildman–Crippen LogP) is 1.99. The second-order valence-electron chi connectivity index (χ2n) is 5.15. The molecule has 2 rings (SSSR count). The molecule has 0 aliphatic heterocycles. The Morgan fingerprint density at radius 3 is 2.59 bits per heavy atom. The fourth-order valence-electron chi connectivity index (χ4n) is 2.62. The van der Waals surface area contributed by atoms with Gasteiger partial charge in [0.25, 0.3) is 0 Å². The molecule has 0 amide bonds. The second-order valence-corrected chi connectivity index (χ2v) is 6.83. The molecule has 0 aromatic heterocycles. The number of halogens is 3. The molecule has 0 heterocycles. The number of para-hydroxylation sites is 1. The van der Waals surface area contributed by atoms with Gasteiger partial charge in [0.15, 0.2) is 0 Å². The molecule has 1 fully saturated rings. The summed E-state index contributed by atoms with van der Waals surface area (Å²) in [6.07, 6.45) is -2.72. The molecule has 1 aromatic rings. The first kappa shape index (κ1) is 17.0. The average molecular weight is 338 g/mol. The van der Waals surface area contributed by atoms with Crippen molar-refractivity contribution in [2.75, 3.05) is 6.54 Å². The van der Waals surface area contributed by atoms with E-state index in [1.807, 2.05) is 0 Å². The number of nitrogens with two attached hydrogens (primary N) is 1. The van der Waals surface area contributed by atoms with Gasteiger partial charge in [0.2, 0.25) is 10.0 Å². The van der Waals surface area contributed by atoms with Crippen LogP contribution < -0.4 is 15.2 Å². The maximum Gasteiger partial charge on any atom is 0.573 e. The third-order valence-corrected chi connectivity index (χ3v) is 5.16. The Labute approximate surface area is 126 Å². The van der Waals surface area contributed by atoms with Gasteiger partial charge in [-0.3, -0.25) is 0 Å². The lowest BCUT2D eigenvalue weighted by molar-refractivity contribution is -0.275. The molecule has 3 N–H and O–H groups in total. The molecule has 1 aliphatic carbocycles. The van der Waals surface area contributed by atoms with Crippen molar-refractivity contribution < 1.29 is 26.3 Å². The summed E-state index contributed by atoms with van der Waals surface area (Å²) in [6.45, 7) is 0.327. The van der Waals surface area contributed by atoms with Gasteiger partial charge >= 0.3 is 6.36 Å². The lowest BCUT2D eigenvalue weighted by atomic mass is 10.1. The average Bonchev–Trinajstić information content (AvgIpc) is 2.83. The molecular weight excluding hydrogens is 321 g/mol. The van der Waals surface area contributed by atoms with Crippen molar-refractivity contribution in [3.63, 3.8) is 0 Å². The maximum absolute atomic E-state index is 12.4. The normalized spacial score (nSPS) is 22.7. The zero-order chi connectivity index (χ0) is 16.4. The molecule has 124 valence electrons. The van der Waals surface area contributed by atoms with E-state index >= 15 is 0 Å². The van der Waals surface area contributed by atoms with Crippen LogP contribution in [0.2, 0.25) is 0 Å². The Morgan fingerprint density at radius 2 is 1.95 bits per heavy atom. The Balaban J connectivity index is 2.26. The van der Waals surface area contributed by atoms with Crippen molar-refractivity contribution in [3.05, 3.63) is 24.3 Å². The molecule has 0 spiro atoms. The molecular formula is C13H17F3N2O3S. The van der Waals surface area contributed by atoms with Crippen LogP contribution in [0, 0.1) is 5.92 Å². The lowest BCUT2D eigenvalue weighted by Gasteiger charge is -2.20. The van der Waals surface area contributed by atoms with Gasteiger partial charge in [-0.25, -0.2) is 13.1 Å². The topological polar surface area (TPSA) is 81.4 Å². The Kier molecular flexibility index (Phi) is 4.98. The quantitative estimate of drug-likeness (QED) is 0.860. The van der Waals surface area contributed by atoms with Crippen LogP contribution in [0.4, 0.5) is 13.2 Å². The summed E-state index contributed by atoms with van der Waals surface area (Å²) in [5.41, 5.74) is 5.59. The van der Waals surface area contributed by atoms with Crippen LogP contribution in [0.3, 0.4) is 0 Å². The third kappa shape index (κ3) is 4.11. The van der Waals surface area contributed by atoms with Crippen LogP contribution in [0.15, 0.2) is 29.2 Å². The van der Waals surface area contributed by atoms with Crippen LogP contribution >= 0.6 is 0 Å². The van der Waals surface area contributed by atoms with Crippen molar-refractivity contribution in [2.24, 2.45) is 11.7 Å². The van der Waals surface area contributed by atoms with Crippen molar-refractivity contribution in [1.29, 1.82) is 0 Å². The van der Waals surface area contributed by atoms with Gasteiger partial charge in [-0.05, 0) is 37.4 Å². The Hall–Kier alpha value is -1.32. The number of rotatable bonds is 5. The highest BCUT2D eigenvalue weighted by Crippen LogP contribution is 2.31. The van der Waals surface area contributed by atoms with E-state index < -0.39 is 27.0 Å². The van der Waals surface area contributed by atoms with Gasteiger partial charge in [-0.1, -0.05) is 18.6 Å². The van der Waals surface area contributed by atoms with Gasteiger partial charge in [-0.15, -0.1) is 13.2 Å². The van der Waals surface area contributed by atoms with E-state index in [1.54, 1.807) is 0 Å². The first-order valence-electron chi connectivity index (χ1n) is 6.80. The van der Waals surface area contributed by atoms with E-state index in [-0.39, 0.29) is 12.0 Å². The van der Waals surface area contributed by atoms with Gasteiger partial charge in [0.1, 0.15) is 10.6 Å². The molecule has 0 radical (unpaired) electrons. The largest absolute Gasteiger partial charge is 0.573 e. The second kappa shape index (κ2) is 6.43. The minimum atomic E-state index is -4.96. The number of hydrogen-bond acceptors (Lipinski definition) is 4. The zero-order valence-corrected chi connectivity index (χ0v) is 12.5. The van der Waals surface area contributed by atoms with E-state index in [0.717, 1.165) is 25.0 Å². The summed E-state index contributed by atoms with van der Waals surface area (Å²) < 4.78 is 68.1. The van der Waals surface area contributed by atoms with Crippen molar-refractivity contribution in [3.8, 4) is 5.75 Å². The molecule has 1 aliphatic rings. The zero-order valence-electron chi connectivity index (χ0n) is 11.6. The summed E-state index contributed by atoms with van der Waals surface area (Å²) >= 11 is 0. The van der Waals surface area contributed by atoms with E-state index in [1.165, 1.54) is 12.1 Å². The van der Waals surface area contributed by atoms with Crippen LogP contribution in [-0.2, 0) is 10.0 Å². The van der Waals surface area contributed by atoms with Gasteiger partial charge in [0.05, 0.1) is 0 Å². The van der Waals surface area contributed by atoms with Crippen LogP contribution in [0.5, 0.6) is 5.75 Å². The van der Waals surface area contributed by atoms with E-state index in [9.17, 15) is 21.6 Å². The minimum absolute atomic E-state index is 0.00882. The minimum Gasteiger partial charge on any atom is -0.404 e. The van der Waals surface area contributed by atoms with E-state index in [4.69, 9.17) is 5.73 Å². The Bertz CT molecular complexity index is 619. The first-order valence-corrected chi connectivity index (χ1v) is 8.28. The molecule has 0 bridgehead atoms. The van der Waals surface area contributed by atoms with Crippen LogP contribution in [0.1, 0.15) is 19.3 Å².